The van der Waals surface area contributed by atoms with Crippen molar-refractivity contribution >= 4 is 21.6 Å². The van der Waals surface area contributed by atoms with Gasteiger partial charge in [0.15, 0.2) is 5.82 Å². The maximum absolute atomic E-state index is 13.9. The van der Waals surface area contributed by atoms with Crippen molar-refractivity contribution in [2.24, 2.45) is 0 Å². The third-order valence-electron chi connectivity index (χ3n) is 3.40. The normalized spacial score (nSPS) is 19.8. The Kier molecular flexibility index (Phi) is 4.20. The summed E-state index contributed by atoms with van der Waals surface area (Å²) in [6.07, 6.45) is 2.34. The zero-order valence-corrected chi connectivity index (χ0v) is 11.8. The summed E-state index contributed by atoms with van der Waals surface area (Å²) in [6.45, 7) is 1.83. The molecule has 0 radical (unpaired) electrons. The summed E-state index contributed by atoms with van der Waals surface area (Å²) in [6, 6.07) is 5.64. The van der Waals surface area contributed by atoms with E-state index in [1.165, 1.54) is 6.42 Å². The van der Waals surface area contributed by atoms with Gasteiger partial charge in [0.25, 0.3) is 0 Å². The van der Waals surface area contributed by atoms with Crippen LogP contribution in [0.2, 0.25) is 0 Å². The highest BCUT2D eigenvalue weighted by Gasteiger charge is 2.21. The molecule has 1 aromatic rings. The summed E-state index contributed by atoms with van der Waals surface area (Å²) < 4.78 is 14.2. The zero-order chi connectivity index (χ0) is 13.1. The van der Waals surface area contributed by atoms with Gasteiger partial charge in [-0.1, -0.05) is 0 Å². The largest absolute Gasteiger partial charge is 0.381 e. The first-order valence-electron chi connectivity index (χ1n) is 5.95. The summed E-state index contributed by atoms with van der Waals surface area (Å²) >= 11 is 3.11. The maximum Gasteiger partial charge on any atom is 0.161 e. The van der Waals surface area contributed by atoms with Gasteiger partial charge in [0, 0.05) is 12.6 Å². The Bertz CT molecular complexity index is 484. The van der Waals surface area contributed by atoms with Gasteiger partial charge in [0.2, 0.25) is 0 Å². The highest BCUT2D eigenvalue weighted by atomic mass is 79.9. The summed E-state index contributed by atoms with van der Waals surface area (Å²) in [5.74, 6) is -0.394. The predicted octanol–water partition coefficient (Wildman–Crippen LogP) is 2.97. The lowest BCUT2D eigenvalue weighted by atomic mass is 10.2. The standard InChI is InChI=1S/C13H15BrFN3/c1-18-6-2-3-10(18)8-17-11-5-4-9(7-16)12(14)13(11)15/h4-5,10,17H,2-3,6,8H2,1H3. The van der Waals surface area contributed by atoms with Crippen LogP contribution in [0.5, 0.6) is 0 Å². The lowest BCUT2D eigenvalue weighted by Gasteiger charge is -2.20. The molecule has 1 unspecified atom stereocenters. The molecule has 0 bridgehead atoms. The van der Waals surface area contributed by atoms with Crippen LogP contribution in [0.25, 0.3) is 0 Å². The van der Waals surface area contributed by atoms with E-state index in [-0.39, 0.29) is 4.47 Å². The number of rotatable bonds is 3. The molecule has 2 rings (SSSR count). The minimum Gasteiger partial charge on any atom is -0.381 e. The van der Waals surface area contributed by atoms with Gasteiger partial charge < -0.3 is 10.2 Å². The molecule has 1 heterocycles. The van der Waals surface area contributed by atoms with E-state index in [1.807, 2.05) is 6.07 Å². The van der Waals surface area contributed by atoms with Crippen LogP contribution in [0.4, 0.5) is 10.1 Å². The van der Waals surface area contributed by atoms with Crippen molar-refractivity contribution in [1.82, 2.24) is 4.90 Å². The van der Waals surface area contributed by atoms with Gasteiger partial charge >= 0.3 is 0 Å². The number of hydrogen-bond donors (Lipinski definition) is 1. The number of nitriles is 1. The van der Waals surface area contributed by atoms with Crippen LogP contribution in [0, 0.1) is 17.1 Å². The highest BCUT2D eigenvalue weighted by Crippen LogP contribution is 2.27. The van der Waals surface area contributed by atoms with E-state index in [9.17, 15) is 4.39 Å². The van der Waals surface area contributed by atoms with Gasteiger partial charge in [-0.3, -0.25) is 0 Å². The average Bonchev–Trinajstić information content (AvgIpc) is 2.77. The van der Waals surface area contributed by atoms with Crippen molar-refractivity contribution in [3.63, 3.8) is 0 Å². The second-order valence-corrected chi connectivity index (χ2v) is 5.35. The zero-order valence-electron chi connectivity index (χ0n) is 10.2. The monoisotopic (exact) mass is 311 g/mol. The number of nitrogens with one attached hydrogen (secondary N) is 1. The highest BCUT2D eigenvalue weighted by molar-refractivity contribution is 9.10. The van der Waals surface area contributed by atoms with Crippen LogP contribution in [0.3, 0.4) is 0 Å². The van der Waals surface area contributed by atoms with Crippen LogP contribution < -0.4 is 5.32 Å². The van der Waals surface area contributed by atoms with Gasteiger partial charge in [-0.05, 0) is 54.5 Å². The molecule has 1 aliphatic rings. The first kappa shape index (κ1) is 13.3. The third-order valence-corrected chi connectivity index (χ3v) is 4.18. The molecule has 1 saturated heterocycles. The Morgan fingerprint density at radius 1 is 1.61 bits per heavy atom. The van der Waals surface area contributed by atoms with Crippen molar-refractivity contribution in [3.8, 4) is 6.07 Å². The van der Waals surface area contributed by atoms with Crippen molar-refractivity contribution in [2.75, 3.05) is 25.5 Å². The molecule has 1 aliphatic heterocycles. The van der Waals surface area contributed by atoms with Crippen LogP contribution >= 0.6 is 15.9 Å². The quantitative estimate of drug-likeness (QED) is 0.932. The predicted molar refractivity (Wildman–Crippen MR) is 73.0 cm³/mol. The van der Waals surface area contributed by atoms with Gasteiger partial charge in [0.1, 0.15) is 6.07 Å². The Morgan fingerprint density at radius 3 is 3.00 bits per heavy atom. The average molecular weight is 312 g/mol. The molecule has 0 aromatic heterocycles. The topological polar surface area (TPSA) is 39.1 Å². The number of nitrogens with zero attached hydrogens (tertiary/aromatic N) is 2. The molecule has 1 aromatic carbocycles. The number of hydrogen-bond acceptors (Lipinski definition) is 3. The Hall–Kier alpha value is -1.12. The van der Waals surface area contributed by atoms with Crippen LogP contribution in [0.1, 0.15) is 18.4 Å². The number of halogens is 2. The molecule has 5 heteroatoms. The molecule has 0 spiro atoms. The number of likely N-dealkylation sites (tertiary alicyclic amines) is 1. The number of likely N-dealkylation sites (N-methyl/N-ethyl adjacent to an activating group) is 1. The molecule has 96 valence electrons. The molecule has 1 fully saturated rings. The molecule has 3 nitrogen and oxygen atoms in total. The van der Waals surface area contributed by atoms with Crippen molar-refractivity contribution in [2.45, 2.75) is 18.9 Å². The molecule has 1 N–H and O–H groups in total. The van der Waals surface area contributed by atoms with E-state index >= 15 is 0 Å². The third kappa shape index (κ3) is 2.65. The first-order valence-corrected chi connectivity index (χ1v) is 6.75. The van der Waals surface area contributed by atoms with Gasteiger partial charge in [-0.2, -0.15) is 5.26 Å². The van der Waals surface area contributed by atoms with Crippen molar-refractivity contribution < 1.29 is 4.39 Å². The number of anilines is 1. The number of benzene rings is 1. The fraction of sp³-hybridized carbons (Fsp3) is 0.462. The maximum atomic E-state index is 13.9. The molecule has 0 aliphatic carbocycles. The summed E-state index contributed by atoms with van der Waals surface area (Å²) in [4.78, 5) is 2.28. The summed E-state index contributed by atoms with van der Waals surface area (Å²) in [5.41, 5.74) is 0.761. The molecule has 0 amide bonds. The Morgan fingerprint density at radius 2 is 2.39 bits per heavy atom. The van der Waals surface area contributed by atoms with Crippen molar-refractivity contribution in [3.05, 3.63) is 28.0 Å². The fourth-order valence-electron chi connectivity index (χ4n) is 2.24. The summed E-state index contributed by atoms with van der Waals surface area (Å²) in [5, 5.41) is 11.9. The van der Waals surface area contributed by atoms with Gasteiger partial charge in [0.05, 0.1) is 15.7 Å². The molecule has 1 atom stereocenters. The van der Waals surface area contributed by atoms with Crippen LogP contribution in [-0.2, 0) is 0 Å². The second kappa shape index (κ2) is 5.68. The van der Waals surface area contributed by atoms with E-state index in [0.717, 1.165) is 19.5 Å². The first-order chi connectivity index (χ1) is 8.63. The Labute approximate surface area is 115 Å². The molecular weight excluding hydrogens is 297 g/mol. The SMILES string of the molecule is CN1CCCC1CNc1ccc(C#N)c(Br)c1F. The Balaban J connectivity index is 2.06. The minimum atomic E-state index is -0.394. The summed E-state index contributed by atoms with van der Waals surface area (Å²) in [7, 11) is 2.09. The lowest BCUT2D eigenvalue weighted by molar-refractivity contribution is 0.322. The molecular formula is C13H15BrFN3. The van der Waals surface area contributed by atoms with Gasteiger partial charge in [-0.15, -0.1) is 0 Å². The smallest absolute Gasteiger partial charge is 0.161 e. The molecule has 18 heavy (non-hydrogen) atoms. The molecule has 0 saturated carbocycles. The van der Waals surface area contributed by atoms with Gasteiger partial charge in [-0.25, -0.2) is 4.39 Å². The second-order valence-electron chi connectivity index (χ2n) is 4.56. The lowest BCUT2D eigenvalue weighted by Crippen LogP contribution is -2.31. The van der Waals surface area contributed by atoms with E-state index < -0.39 is 5.82 Å². The van der Waals surface area contributed by atoms with E-state index in [2.05, 4.69) is 33.2 Å². The fourth-order valence-corrected chi connectivity index (χ4v) is 2.67. The van der Waals surface area contributed by atoms with E-state index in [1.54, 1.807) is 12.1 Å². The minimum absolute atomic E-state index is 0.231. The van der Waals surface area contributed by atoms with E-state index in [4.69, 9.17) is 5.26 Å². The van der Waals surface area contributed by atoms with Crippen LogP contribution in [0.15, 0.2) is 16.6 Å². The van der Waals surface area contributed by atoms with Crippen molar-refractivity contribution in [1.29, 1.82) is 5.26 Å². The van der Waals surface area contributed by atoms with Crippen LogP contribution in [-0.4, -0.2) is 31.1 Å². The van der Waals surface area contributed by atoms with E-state index in [0.29, 0.717) is 17.3 Å².